The van der Waals surface area contributed by atoms with Crippen LogP contribution in [0.15, 0.2) is 52.9 Å². The quantitative estimate of drug-likeness (QED) is 0.564. The largest absolute Gasteiger partial charge is 0.487 e. The van der Waals surface area contributed by atoms with Crippen LogP contribution in [0.1, 0.15) is 47.6 Å². The number of carbonyl (C=O) groups is 1. The molecule has 0 aliphatic heterocycles. The molecule has 3 rings (SSSR count). The number of rotatable bonds is 8. The molecule has 0 unspecified atom stereocenters. The van der Waals surface area contributed by atoms with Gasteiger partial charge in [-0.1, -0.05) is 31.5 Å². The molecule has 5 nitrogen and oxygen atoms in total. The molecule has 0 aliphatic carbocycles. The van der Waals surface area contributed by atoms with Gasteiger partial charge >= 0.3 is 0 Å². The molecule has 29 heavy (non-hydrogen) atoms. The van der Waals surface area contributed by atoms with Gasteiger partial charge in [0.2, 0.25) is 5.89 Å². The Labute approximate surface area is 172 Å². The molecule has 0 spiro atoms. The normalized spacial score (nSPS) is 10.9. The van der Waals surface area contributed by atoms with Crippen molar-refractivity contribution in [3.05, 3.63) is 71.1 Å². The molecule has 1 amide bonds. The van der Waals surface area contributed by atoms with Crippen LogP contribution < -0.4 is 10.1 Å². The number of benzene rings is 2. The molecule has 1 heterocycles. The zero-order valence-corrected chi connectivity index (χ0v) is 17.5. The molecule has 0 saturated heterocycles. The highest BCUT2D eigenvalue weighted by Crippen LogP contribution is 2.23. The highest BCUT2D eigenvalue weighted by atomic mass is 16.5. The third-order valence-electron chi connectivity index (χ3n) is 4.69. The predicted octanol–water partition coefficient (Wildman–Crippen LogP) is 5.31. The van der Waals surface area contributed by atoms with Crippen LogP contribution in [0, 0.1) is 19.8 Å². The Balaban J connectivity index is 1.62. The van der Waals surface area contributed by atoms with E-state index in [1.165, 1.54) is 5.56 Å². The number of nitrogens with zero attached hydrogens (tertiary/aromatic N) is 1. The number of hydrogen-bond donors (Lipinski definition) is 1. The number of oxazole rings is 1. The monoisotopic (exact) mass is 392 g/mol. The minimum Gasteiger partial charge on any atom is -0.487 e. The smallest absolute Gasteiger partial charge is 0.251 e. The SMILES string of the molecule is Cc1ccc(OCc2nc(-c3ccc(C(=O)NCCC(C)C)cc3)oc2C)cc1. The fourth-order valence-electron chi connectivity index (χ4n) is 2.81. The number of aryl methyl sites for hydroxylation is 2. The zero-order valence-electron chi connectivity index (χ0n) is 17.5. The molecule has 0 bridgehead atoms. The van der Waals surface area contributed by atoms with Crippen molar-refractivity contribution in [2.45, 2.75) is 40.7 Å². The molecule has 1 aromatic heterocycles. The molecular formula is C24H28N2O3. The first-order chi connectivity index (χ1) is 13.9. The highest BCUT2D eigenvalue weighted by Gasteiger charge is 2.13. The number of nitrogens with one attached hydrogen (secondary N) is 1. The maximum atomic E-state index is 12.2. The molecule has 3 aromatic rings. The van der Waals surface area contributed by atoms with E-state index in [0.29, 0.717) is 30.5 Å². The van der Waals surface area contributed by atoms with Gasteiger partial charge < -0.3 is 14.5 Å². The van der Waals surface area contributed by atoms with Crippen molar-refractivity contribution in [2.24, 2.45) is 5.92 Å². The van der Waals surface area contributed by atoms with E-state index in [1.807, 2.05) is 50.2 Å². The van der Waals surface area contributed by atoms with Gasteiger partial charge in [-0.05, 0) is 62.6 Å². The second-order valence-electron chi connectivity index (χ2n) is 7.64. The van der Waals surface area contributed by atoms with Gasteiger partial charge in [-0.2, -0.15) is 0 Å². The lowest BCUT2D eigenvalue weighted by atomic mass is 10.1. The summed E-state index contributed by atoms with van der Waals surface area (Å²) in [5.41, 5.74) is 3.41. The van der Waals surface area contributed by atoms with Gasteiger partial charge in [0, 0.05) is 17.7 Å². The average Bonchev–Trinajstić information content (AvgIpc) is 3.08. The van der Waals surface area contributed by atoms with Gasteiger partial charge in [0.25, 0.3) is 5.91 Å². The molecule has 5 heteroatoms. The van der Waals surface area contributed by atoms with Gasteiger partial charge in [-0.25, -0.2) is 4.98 Å². The topological polar surface area (TPSA) is 64.4 Å². The molecule has 0 saturated carbocycles. The molecule has 0 fully saturated rings. The first-order valence-electron chi connectivity index (χ1n) is 9.97. The van der Waals surface area contributed by atoms with E-state index >= 15 is 0 Å². The van der Waals surface area contributed by atoms with E-state index in [9.17, 15) is 4.79 Å². The fraction of sp³-hybridized carbons (Fsp3) is 0.333. The summed E-state index contributed by atoms with van der Waals surface area (Å²) in [6.45, 7) is 9.22. The van der Waals surface area contributed by atoms with Crippen LogP contribution in [-0.2, 0) is 6.61 Å². The summed E-state index contributed by atoms with van der Waals surface area (Å²) in [7, 11) is 0. The van der Waals surface area contributed by atoms with Crippen molar-refractivity contribution in [2.75, 3.05) is 6.54 Å². The van der Waals surface area contributed by atoms with E-state index < -0.39 is 0 Å². The average molecular weight is 392 g/mol. The van der Waals surface area contributed by atoms with Crippen LogP contribution in [0.3, 0.4) is 0 Å². The first kappa shape index (κ1) is 20.6. The van der Waals surface area contributed by atoms with Crippen LogP contribution in [0.2, 0.25) is 0 Å². The van der Waals surface area contributed by atoms with Gasteiger partial charge in [0.05, 0.1) is 0 Å². The summed E-state index contributed by atoms with van der Waals surface area (Å²) in [5.74, 6) is 2.55. The van der Waals surface area contributed by atoms with Gasteiger partial charge in [0.1, 0.15) is 23.8 Å². The molecule has 0 radical (unpaired) electrons. The minimum absolute atomic E-state index is 0.0621. The lowest BCUT2D eigenvalue weighted by molar-refractivity contribution is 0.0952. The first-order valence-corrected chi connectivity index (χ1v) is 9.97. The van der Waals surface area contributed by atoms with Crippen LogP contribution in [0.25, 0.3) is 11.5 Å². The van der Waals surface area contributed by atoms with Gasteiger partial charge in [-0.15, -0.1) is 0 Å². The number of amides is 1. The van der Waals surface area contributed by atoms with Crippen LogP contribution in [0.4, 0.5) is 0 Å². The third kappa shape index (κ3) is 5.70. The Morgan fingerprint density at radius 3 is 2.41 bits per heavy atom. The molecular weight excluding hydrogens is 364 g/mol. The van der Waals surface area contributed by atoms with Crippen molar-refractivity contribution in [1.29, 1.82) is 0 Å². The minimum atomic E-state index is -0.0621. The van der Waals surface area contributed by atoms with E-state index in [1.54, 1.807) is 12.1 Å². The van der Waals surface area contributed by atoms with Gasteiger partial charge in [0.15, 0.2) is 0 Å². The van der Waals surface area contributed by atoms with Gasteiger partial charge in [-0.3, -0.25) is 4.79 Å². The van der Waals surface area contributed by atoms with E-state index in [0.717, 1.165) is 29.2 Å². The Hall–Kier alpha value is -3.08. The Bertz CT molecular complexity index is 941. The maximum absolute atomic E-state index is 12.2. The van der Waals surface area contributed by atoms with Crippen LogP contribution in [0.5, 0.6) is 5.75 Å². The summed E-state index contributed by atoms with van der Waals surface area (Å²) in [4.78, 5) is 16.8. The van der Waals surface area contributed by atoms with Crippen LogP contribution >= 0.6 is 0 Å². The fourth-order valence-corrected chi connectivity index (χ4v) is 2.81. The maximum Gasteiger partial charge on any atom is 0.251 e. The molecule has 0 atom stereocenters. The lowest BCUT2D eigenvalue weighted by Gasteiger charge is -2.07. The molecule has 152 valence electrons. The summed E-state index contributed by atoms with van der Waals surface area (Å²) in [5, 5.41) is 2.94. The van der Waals surface area contributed by atoms with Crippen molar-refractivity contribution < 1.29 is 13.9 Å². The summed E-state index contributed by atoms with van der Waals surface area (Å²) in [6.07, 6.45) is 0.965. The van der Waals surface area contributed by atoms with Crippen LogP contribution in [-0.4, -0.2) is 17.4 Å². The Morgan fingerprint density at radius 2 is 1.76 bits per heavy atom. The van der Waals surface area contributed by atoms with Crippen molar-refractivity contribution in [1.82, 2.24) is 10.3 Å². The summed E-state index contributed by atoms with van der Waals surface area (Å²) in [6, 6.07) is 15.2. The second kappa shape index (κ2) is 9.41. The highest BCUT2D eigenvalue weighted by molar-refractivity contribution is 5.94. The standard InChI is InChI=1S/C24H28N2O3/c1-16(2)13-14-25-23(27)19-7-9-20(10-8-19)24-26-22(18(4)29-24)15-28-21-11-5-17(3)6-12-21/h5-12,16H,13-15H2,1-4H3,(H,25,27). The number of hydrogen-bond acceptors (Lipinski definition) is 4. The van der Waals surface area contributed by atoms with E-state index in [4.69, 9.17) is 9.15 Å². The number of carbonyl (C=O) groups excluding carboxylic acids is 1. The molecule has 1 N–H and O–H groups in total. The lowest BCUT2D eigenvalue weighted by Crippen LogP contribution is -2.25. The predicted molar refractivity (Wildman–Crippen MR) is 114 cm³/mol. The van der Waals surface area contributed by atoms with Crippen molar-refractivity contribution in [3.8, 4) is 17.2 Å². The summed E-state index contributed by atoms with van der Waals surface area (Å²) >= 11 is 0. The number of aromatic nitrogens is 1. The second-order valence-corrected chi connectivity index (χ2v) is 7.64. The van der Waals surface area contributed by atoms with Crippen molar-refractivity contribution >= 4 is 5.91 Å². The molecule has 2 aromatic carbocycles. The number of ether oxygens (including phenoxy) is 1. The Morgan fingerprint density at radius 1 is 1.07 bits per heavy atom. The third-order valence-corrected chi connectivity index (χ3v) is 4.69. The van der Waals surface area contributed by atoms with Crippen molar-refractivity contribution in [3.63, 3.8) is 0 Å². The molecule has 0 aliphatic rings. The van der Waals surface area contributed by atoms with E-state index in [2.05, 4.69) is 24.1 Å². The summed E-state index contributed by atoms with van der Waals surface area (Å²) < 4.78 is 11.6. The van der Waals surface area contributed by atoms with E-state index in [-0.39, 0.29) is 5.91 Å². The zero-order chi connectivity index (χ0) is 20.8. The Kier molecular flexibility index (Phi) is 6.70.